The van der Waals surface area contributed by atoms with E-state index in [1.165, 1.54) is 11.1 Å². The zero-order valence-electron chi connectivity index (χ0n) is 16.3. The molecule has 1 aliphatic heterocycles. The van der Waals surface area contributed by atoms with Gasteiger partial charge in [-0.1, -0.05) is 36.4 Å². The monoisotopic (exact) mass is 372 g/mol. The summed E-state index contributed by atoms with van der Waals surface area (Å²) in [4.78, 5) is 2.28. The average molecular weight is 373 g/mol. The van der Waals surface area contributed by atoms with Crippen molar-refractivity contribution in [1.29, 1.82) is 0 Å². The zero-order chi connectivity index (χ0) is 18.9. The number of piperazine rings is 1. The second-order valence-corrected chi connectivity index (χ2v) is 7.28. The fraction of sp³-hybridized carbons (Fsp3) is 0.545. The van der Waals surface area contributed by atoms with Crippen molar-refractivity contribution in [2.45, 2.75) is 31.5 Å². The molecule has 5 nitrogen and oxygen atoms in total. The van der Waals surface area contributed by atoms with Gasteiger partial charge in [0.2, 0.25) is 0 Å². The molecule has 0 bridgehead atoms. The van der Waals surface area contributed by atoms with E-state index < -0.39 is 6.10 Å². The van der Waals surface area contributed by atoms with Crippen LogP contribution in [-0.4, -0.2) is 68.7 Å². The lowest BCUT2D eigenvalue weighted by Gasteiger charge is -2.29. The maximum absolute atomic E-state index is 10.3. The van der Waals surface area contributed by atoms with Crippen LogP contribution in [-0.2, 0) is 11.2 Å². The quantitative estimate of drug-likeness (QED) is 0.696. The molecule has 1 fully saturated rings. The van der Waals surface area contributed by atoms with Gasteiger partial charge in [-0.3, -0.25) is 4.90 Å². The molecule has 2 unspecified atom stereocenters. The minimum Gasteiger partial charge on any atom is -0.491 e. The smallest absolute Gasteiger partial charge is 0.122 e. The van der Waals surface area contributed by atoms with Crippen molar-refractivity contribution in [3.8, 4) is 5.75 Å². The first kappa shape index (κ1) is 20.1. The minimum atomic E-state index is -0.470. The summed E-state index contributed by atoms with van der Waals surface area (Å²) in [6, 6.07) is 8.14. The number of benzene rings is 1. The summed E-state index contributed by atoms with van der Waals surface area (Å²) in [5, 5.41) is 13.7. The number of aliphatic hydroxyl groups excluding tert-OH is 1. The van der Waals surface area contributed by atoms with Crippen molar-refractivity contribution in [2.24, 2.45) is 0 Å². The summed E-state index contributed by atoms with van der Waals surface area (Å²) >= 11 is 0. The Morgan fingerprint density at radius 1 is 1.22 bits per heavy atom. The van der Waals surface area contributed by atoms with E-state index in [9.17, 15) is 5.11 Å². The molecule has 5 heteroatoms. The topological polar surface area (TPSA) is 54.0 Å². The Hall–Kier alpha value is -1.66. The zero-order valence-corrected chi connectivity index (χ0v) is 16.3. The van der Waals surface area contributed by atoms with Crippen LogP contribution in [0.3, 0.4) is 0 Å². The second kappa shape index (κ2) is 10.6. The average Bonchev–Trinajstić information content (AvgIpc) is 2.72. The molecular formula is C22H32N2O3. The maximum Gasteiger partial charge on any atom is 0.122 e. The highest BCUT2D eigenvalue weighted by atomic mass is 16.5. The summed E-state index contributed by atoms with van der Waals surface area (Å²) in [5.41, 5.74) is 2.49. The third-order valence-electron chi connectivity index (χ3n) is 5.17. The van der Waals surface area contributed by atoms with Gasteiger partial charge in [0, 0.05) is 39.8 Å². The number of para-hydroxylation sites is 1. The van der Waals surface area contributed by atoms with Crippen LogP contribution in [0, 0.1) is 0 Å². The highest BCUT2D eigenvalue weighted by Gasteiger charge is 2.15. The third kappa shape index (κ3) is 6.47. The molecule has 1 aliphatic carbocycles. The van der Waals surface area contributed by atoms with Gasteiger partial charge in [-0.15, -0.1) is 0 Å². The molecule has 27 heavy (non-hydrogen) atoms. The molecule has 2 aliphatic rings. The van der Waals surface area contributed by atoms with Crippen molar-refractivity contribution in [1.82, 2.24) is 10.2 Å². The number of ether oxygens (including phenoxy) is 2. The number of hydrogen-bond acceptors (Lipinski definition) is 5. The Morgan fingerprint density at radius 2 is 2.04 bits per heavy atom. The summed E-state index contributed by atoms with van der Waals surface area (Å²) in [6.45, 7) is 4.95. The van der Waals surface area contributed by atoms with E-state index >= 15 is 0 Å². The van der Waals surface area contributed by atoms with Crippen molar-refractivity contribution >= 4 is 0 Å². The predicted molar refractivity (Wildman–Crippen MR) is 108 cm³/mol. The number of methoxy groups -OCH3 is 1. The van der Waals surface area contributed by atoms with Crippen LogP contribution in [0.25, 0.3) is 0 Å². The molecule has 0 spiro atoms. The van der Waals surface area contributed by atoms with Crippen LogP contribution in [0.1, 0.15) is 18.4 Å². The van der Waals surface area contributed by atoms with Gasteiger partial charge in [-0.2, -0.15) is 0 Å². The second-order valence-electron chi connectivity index (χ2n) is 7.28. The number of hydrogen-bond donors (Lipinski definition) is 2. The number of allylic oxidation sites excluding steroid dienone is 2. The van der Waals surface area contributed by atoms with Crippen LogP contribution in [0.4, 0.5) is 0 Å². The van der Waals surface area contributed by atoms with Crippen LogP contribution in [0.2, 0.25) is 0 Å². The molecule has 2 N–H and O–H groups in total. The van der Waals surface area contributed by atoms with Gasteiger partial charge < -0.3 is 19.9 Å². The number of aryl methyl sites for hydroxylation is 1. The molecule has 1 aromatic carbocycles. The molecule has 0 radical (unpaired) electrons. The van der Waals surface area contributed by atoms with Gasteiger partial charge in [0.05, 0.1) is 6.10 Å². The summed E-state index contributed by atoms with van der Waals surface area (Å²) in [7, 11) is 1.76. The lowest BCUT2D eigenvalue weighted by atomic mass is 9.98. The van der Waals surface area contributed by atoms with Gasteiger partial charge >= 0.3 is 0 Å². The van der Waals surface area contributed by atoms with Crippen LogP contribution >= 0.6 is 0 Å². The number of nitrogens with zero attached hydrogens (tertiary/aromatic N) is 1. The SMILES string of the molecule is COC1C=C(CCc2ccccc2OCC(O)CN2CCNCC2)C=CC1. The first-order valence-corrected chi connectivity index (χ1v) is 9.96. The Bertz CT molecular complexity index is 638. The molecule has 3 rings (SSSR count). The van der Waals surface area contributed by atoms with Crippen LogP contribution in [0.15, 0.2) is 48.1 Å². The molecule has 1 heterocycles. The van der Waals surface area contributed by atoms with Gasteiger partial charge in [0.1, 0.15) is 18.5 Å². The lowest BCUT2D eigenvalue weighted by Crippen LogP contribution is -2.47. The Kier molecular flexibility index (Phi) is 7.90. The van der Waals surface area contributed by atoms with Crippen LogP contribution in [0.5, 0.6) is 5.75 Å². The molecule has 0 saturated carbocycles. The fourth-order valence-corrected chi connectivity index (χ4v) is 3.61. The van der Waals surface area contributed by atoms with Gasteiger partial charge in [-0.25, -0.2) is 0 Å². The minimum absolute atomic E-state index is 0.191. The Morgan fingerprint density at radius 3 is 2.85 bits per heavy atom. The molecule has 1 aromatic rings. The summed E-state index contributed by atoms with van der Waals surface area (Å²) < 4.78 is 11.4. The number of rotatable bonds is 9. The van der Waals surface area contributed by atoms with Crippen LogP contribution < -0.4 is 10.1 Å². The number of aliphatic hydroxyl groups is 1. The molecule has 1 saturated heterocycles. The molecule has 148 valence electrons. The van der Waals surface area contributed by atoms with E-state index in [1.54, 1.807) is 7.11 Å². The number of β-amino-alcohol motifs (C(OH)–C–C–N with tert-alkyl or cyclic N) is 1. The lowest BCUT2D eigenvalue weighted by molar-refractivity contribution is 0.0638. The number of nitrogens with one attached hydrogen (secondary N) is 1. The highest BCUT2D eigenvalue weighted by molar-refractivity contribution is 5.35. The predicted octanol–water partition coefficient (Wildman–Crippen LogP) is 2.17. The van der Waals surface area contributed by atoms with E-state index in [0.717, 1.165) is 51.2 Å². The third-order valence-corrected chi connectivity index (χ3v) is 5.17. The van der Waals surface area contributed by atoms with Crippen molar-refractivity contribution in [2.75, 3.05) is 46.4 Å². The van der Waals surface area contributed by atoms with Crippen molar-refractivity contribution in [3.05, 3.63) is 53.6 Å². The van der Waals surface area contributed by atoms with Gasteiger partial charge in [0.15, 0.2) is 0 Å². The van der Waals surface area contributed by atoms with E-state index in [1.807, 2.05) is 18.2 Å². The Balaban J connectivity index is 1.49. The molecule has 2 atom stereocenters. The van der Waals surface area contributed by atoms with E-state index in [0.29, 0.717) is 13.2 Å². The van der Waals surface area contributed by atoms with Crippen molar-refractivity contribution < 1.29 is 14.6 Å². The molecule has 0 amide bonds. The Labute approximate surface area is 162 Å². The van der Waals surface area contributed by atoms with E-state index in [-0.39, 0.29) is 6.10 Å². The first-order chi connectivity index (χ1) is 13.2. The molecule has 0 aromatic heterocycles. The van der Waals surface area contributed by atoms with Crippen molar-refractivity contribution in [3.63, 3.8) is 0 Å². The maximum atomic E-state index is 10.3. The van der Waals surface area contributed by atoms with E-state index in [4.69, 9.17) is 9.47 Å². The van der Waals surface area contributed by atoms with Gasteiger partial charge in [-0.05, 0) is 36.5 Å². The fourth-order valence-electron chi connectivity index (χ4n) is 3.61. The first-order valence-electron chi connectivity index (χ1n) is 9.96. The normalized spacial score (nSPS) is 21.7. The summed E-state index contributed by atoms with van der Waals surface area (Å²) in [6.07, 6.45) is 9.12. The summed E-state index contributed by atoms with van der Waals surface area (Å²) in [5.74, 6) is 0.876. The van der Waals surface area contributed by atoms with E-state index in [2.05, 4.69) is 34.5 Å². The van der Waals surface area contributed by atoms with Gasteiger partial charge in [0.25, 0.3) is 0 Å². The largest absolute Gasteiger partial charge is 0.491 e. The standard InChI is InChI=1S/C22H32N2O3/c1-26-21-7-4-5-18(15-21)9-10-19-6-2-3-8-22(19)27-17-20(25)16-24-13-11-23-12-14-24/h2-6,8,15,20-21,23,25H,7,9-14,16-17H2,1H3. The molecular weight excluding hydrogens is 340 g/mol. The highest BCUT2D eigenvalue weighted by Crippen LogP contribution is 2.23.